The number of rotatable bonds is 6. The SMILES string of the molecule is CCCCCCC1=CC(=O)CC(C2Oc3ccccc3O2)C1. The first-order valence-electron chi connectivity index (χ1n) is 8.41. The molecule has 0 spiro atoms. The third kappa shape index (κ3) is 3.52. The molecule has 0 amide bonds. The molecule has 1 unspecified atom stereocenters. The van der Waals surface area contributed by atoms with Gasteiger partial charge in [0.15, 0.2) is 17.3 Å². The molecule has 0 saturated carbocycles. The summed E-state index contributed by atoms with van der Waals surface area (Å²) in [4.78, 5) is 12.0. The molecule has 1 aliphatic heterocycles. The molecule has 3 rings (SSSR count). The fourth-order valence-electron chi connectivity index (χ4n) is 3.27. The molecule has 1 aromatic carbocycles. The van der Waals surface area contributed by atoms with E-state index in [1.807, 2.05) is 30.3 Å². The summed E-state index contributed by atoms with van der Waals surface area (Å²) < 4.78 is 11.8. The first-order chi connectivity index (χ1) is 10.8. The smallest absolute Gasteiger partial charge is 0.245 e. The third-order valence-electron chi connectivity index (χ3n) is 4.42. The standard InChI is InChI=1S/C19H24O3/c1-2-3-4-5-8-14-11-15(13-16(20)12-14)19-21-17-9-6-7-10-18(17)22-19/h6-7,9-10,12,15,19H,2-5,8,11,13H2,1H3. The Balaban J connectivity index is 1.58. The van der Waals surface area contributed by atoms with Crippen molar-refractivity contribution >= 4 is 5.78 Å². The number of carbonyl (C=O) groups is 1. The number of ketones is 1. The number of benzene rings is 1. The highest BCUT2D eigenvalue weighted by Crippen LogP contribution is 2.39. The van der Waals surface area contributed by atoms with Gasteiger partial charge in [-0.3, -0.25) is 4.79 Å². The van der Waals surface area contributed by atoms with Gasteiger partial charge in [0.1, 0.15) is 0 Å². The van der Waals surface area contributed by atoms with E-state index in [-0.39, 0.29) is 18.0 Å². The van der Waals surface area contributed by atoms with Crippen LogP contribution in [0.4, 0.5) is 0 Å². The van der Waals surface area contributed by atoms with E-state index in [9.17, 15) is 4.79 Å². The zero-order chi connectivity index (χ0) is 15.4. The summed E-state index contributed by atoms with van der Waals surface area (Å²) in [5.74, 6) is 1.92. The molecule has 0 radical (unpaired) electrons. The minimum absolute atomic E-state index is 0.131. The molecule has 2 aliphatic rings. The Morgan fingerprint density at radius 1 is 1.05 bits per heavy atom. The predicted octanol–water partition coefficient (Wildman–Crippen LogP) is 4.66. The molecule has 22 heavy (non-hydrogen) atoms. The number of ether oxygens (including phenoxy) is 2. The number of hydrogen-bond donors (Lipinski definition) is 0. The van der Waals surface area contributed by atoms with Crippen LogP contribution in [0.15, 0.2) is 35.9 Å². The Morgan fingerprint density at radius 2 is 1.77 bits per heavy atom. The van der Waals surface area contributed by atoms with Gasteiger partial charge in [-0.25, -0.2) is 0 Å². The summed E-state index contributed by atoms with van der Waals surface area (Å²) >= 11 is 0. The maximum Gasteiger partial charge on any atom is 0.245 e. The molecule has 1 heterocycles. The van der Waals surface area contributed by atoms with Crippen LogP contribution in [-0.4, -0.2) is 12.1 Å². The molecule has 0 saturated heterocycles. The maximum absolute atomic E-state index is 12.0. The van der Waals surface area contributed by atoms with Crippen LogP contribution in [0.3, 0.4) is 0 Å². The number of unbranched alkanes of at least 4 members (excludes halogenated alkanes) is 3. The summed E-state index contributed by atoms with van der Waals surface area (Å²) in [5.41, 5.74) is 1.26. The Morgan fingerprint density at radius 3 is 2.45 bits per heavy atom. The molecular weight excluding hydrogens is 276 g/mol. The van der Waals surface area contributed by atoms with Crippen molar-refractivity contribution in [2.75, 3.05) is 0 Å². The minimum atomic E-state index is -0.319. The topological polar surface area (TPSA) is 35.5 Å². The van der Waals surface area contributed by atoms with Crippen molar-refractivity contribution in [1.82, 2.24) is 0 Å². The monoisotopic (exact) mass is 300 g/mol. The van der Waals surface area contributed by atoms with Crippen LogP contribution in [-0.2, 0) is 4.79 Å². The Hall–Kier alpha value is -1.77. The van der Waals surface area contributed by atoms with Crippen molar-refractivity contribution in [2.45, 2.75) is 58.2 Å². The highest BCUT2D eigenvalue weighted by Gasteiger charge is 2.35. The molecule has 1 aromatic rings. The van der Waals surface area contributed by atoms with E-state index >= 15 is 0 Å². The molecule has 3 nitrogen and oxygen atoms in total. The lowest BCUT2D eigenvalue weighted by atomic mass is 9.85. The normalized spacial score (nSPS) is 21.0. The number of hydrogen-bond acceptors (Lipinski definition) is 3. The molecule has 3 heteroatoms. The zero-order valence-corrected chi connectivity index (χ0v) is 13.2. The van der Waals surface area contributed by atoms with Gasteiger partial charge in [-0.2, -0.15) is 0 Å². The lowest BCUT2D eigenvalue weighted by Gasteiger charge is -2.26. The Bertz CT molecular complexity index is 537. The Kier molecular flexibility index (Phi) is 4.81. The van der Waals surface area contributed by atoms with Crippen molar-refractivity contribution in [3.63, 3.8) is 0 Å². The third-order valence-corrected chi connectivity index (χ3v) is 4.42. The summed E-state index contributed by atoms with van der Waals surface area (Å²) in [6, 6.07) is 7.72. The highest BCUT2D eigenvalue weighted by molar-refractivity contribution is 5.91. The largest absolute Gasteiger partial charge is 0.451 e. The van der Waals surface area contributed by atoms with E-state index in [2.05, 4.69) is 6.92 Å². The van der Waals surface area contributed by atoms with Crippen LogP contribution in [0.2, 0.25) is 0 Å². The number of fused-ring (bicyclic) bond motifs is 1. The molecular formula is C19H24O3. The van der Waals surface area contributed by atoms with Crippen LogP contribution >= 0.6 is 0 Å². The van der Waals surface area contributed by atoms with Gasteiger partial charge in [0, 0.05) is 12.3 Å². The van der Waals surface area contributed by atoms with Gasteiger partial charge in [-0.15, -0.1) is 0 Å². The van der Waals surface area contributed by atoms with Crippen LogP contribution in [0, 0.1) is 5.92 Å². The van der Waals surface area contributed by atoms with Gasteiger partial charge in [0.05, 0.1) is 0 Å². The molecule has 0 fully saturated rings. The molecule has 0 bridgehead atoms. The average Bonchev–Trinajstić information content (AvgIpc) is 2.95. The zero-order valence-electron chi connectivity index (χ0n) is 13.2. The van der Waals surface area contributed by atoms with Gasteiger partial charge in [-0.1, -0.05) is 43.9 Å². The molecule has 0 aromatic heterocycles. The van der Waals surface area contributed by atoms with E-state index in [0.29, 0.717) is 6.42 Å². The lowest BCUT2D eigenvalue weighted by molar-refractivity contribution is -0.118. The molecule has 1 atom stereocenters. The maximum atomic E-state index is 12.0. The summed E-state index contributed by atoms with van der Waals surface area (Å²) in [6.45, 7) is 2.21. The van der Waals surface area contributed by atoms with E-state index in [0.717, 1.165) is 24.3 Å². The second kappa shape index (κ2) is 6.99. The fourth-order valence-corrected chi connectivity index (χ4v) is 3.27. The van der Waals surface area contributed by atoms with Crippen LogP contribution in [0.1, 0.15) is 51.9 Å². The Labute approximate surface area is 132 Å². The first-order valence-corrected chi connectivity index (χ1v) is 8.41. The predicted molar refractivity (Wildman–Crippen MR) is 86.1 cm³/mol. The van der Waals surface area contributed by atoms with Crippen molar-refractivity contribution in [3.05, 3.63) is 35.9 Å². The molecule has 1 aliphatic carbocycles. The van der Waals surface area contributed by atoms with E-state index in [1.165, 1.54) is 31.3 Å². The van der Waals surface area contributed by atoms with Crippen molar-refractivity contribution in [1.29, 1.82) is 0 Å². The summed E-state index contributed by atoms with van der Waals surface area (Å²) in [6.07, 6.45) is 8.93. The highest BCUT2D eigenvalue weighted by atomic mass is 16.7. The van der Waals surface area contributed by atoms with Crippen LogP contribution < -0.4 is 9.47 Å². The number of para-hydroxylation sites is 2. The quantitative estimate of drug-likeness (QED) is 0.717. The van der Waals surface area contributed by atoms with E-state index in [1.54, 1.807) is 0 Å². The van der Waals surface area contributed by atoms with Gasteiger partial charge in [-0.05, 0) is 37.5 Å². The van der Waals surface area contributed by atoms with Crippen molar-refractivity contribution in [2.24, 2.45) is 5.92 Å². The second-order valence-electron chi connectivity index (χ2n) is 6.30. The number of allylic oxidation sites excluding steroid dienone is 2. The summed E-state index contributed by atoms with van der Waals surface area (Å²) in [7, 11) is 0. The second-order valence-corrected chi connectivity index (χ2v) is 6.30. The number of carbonyl (C=O) groups excluding carboxylic acids is 1. The minimum Gasteiger partial charge on any atom is -0.451 e. The van der Waals surface area contributed by atoms with Gasteiger partial charge >= 0.3 is 0 Å². The van der Waals surface area contributed by atoms with Gasteiger partial charge < -0.3 is 9.47 Å². The van der Waals surface area contributed by atoms with E-state index in [4.69, 9.17) is 9.47 Å². The van der Waals surface area contributed by atoms with Gasteiger partial charge in [0.2, 0.25) is 6.29 Å². The van der Waals surface area contributed by atoms with Crippen LogP contribution in [0.25, 0.3) is 0 Å². The molecule has 0 N–H and O–H groups in total. The first kappa shape index (κ1) is 15.1. The van der Waals surface area contributed by atoms with E-state index < -0.39 is 0 Å². The summed E-state index contributed by atoms with van der Waals surface area (Å²) in [5, 5.41) is 0. The fraction of sp³-hybridized carbons (Fsp3) is 0.526. The van der Waals surface area contributed by atoms with Crippen LogP contribution in [0.5, 0.6) is 11.5 Å². The van der Waals surface area contributed by atoms with Gasteiger partial charge in [0.25, 0.3) is 0 Å². The average molecular weight is 300 g/mol. The van der Waals surface area contributed by atoms with Crippen molar-refractivity contribution < 1.29 is 14.3 Å². The molecule has 118 valence electrons. The lowest BCUT2D eigenvalue weighted by Crippen LogP contribution is -2.32. The van der Waals surface area contributed by atoms with Crippen molar-refractivity contribution in [3.8, 4) is 11.5 Å².